The molecule has 4 aromatic carbocycles. The molecule has 2 fully saturated rings. The van der Waals surface area contributed by atoms with Crippen LogP contribution in [0.25, 0.3) is 33.9 Å². The van der Waals surface area contributed by atoms with Gasteiger partial charge in [-0.2, -0.15) is 20.7 Å². The van der Waals surface area contributed by atoms with Crippen molar-refractivity contribution < 1.29 is 43.8 Å². The molecule has 0 radical (unpaired) electrons. The van der Waals surface area contributed by atoms with Gasteiger partial charge >= 0.3 is 30.8 Å². The average molecular weight is 711 g/mol. The number of esters is 1. The maximum absolute atomic E-state index is 12.2. The first-order valence-corrected chi connectivity index (χ1v) is 17.2. The van der Waals surface area contributed by atoms with Crippen LogP contribution < -0.4 is 18.9 Å². The third-order valence-corrected chi connectivity index (χ3v) is 9.11. The van der Waals surface area contributed by atoms with Crippen molar-refractivity contribution in [1.82, 2.24) is 19.6 Å². The fourth-order valence-corrected chi connectivity index (χ4v) is 6.02. The number of nitrogens with zero attached hydrogens (tertiary/aromatic N) is 6. The van der Waals surface area contributed by atoms with Crippen LogP contribution in [-0.4, -0.2) is 48.7 Å². The Hall–Kier alpha value is -6.22. The first-order chi connectivity index (χ1) is 25.3. The summed E-state index contributed by atoms with van der Waals surface area (Å²) in [7, 11) is 0. The van der Waals surface area contributed by atoms with Crippen molar-refractivity contribution in [3.63, 3.8) is 0 Å². The molecule has 2 saturated carbocycles. The smallest absolute Gasteiger partial charge is 0.870 e. The zero-order valence-corrected chi connectivity index (χ0v) is 29.9. The number of benzene rings is 4. The van der Waals surface area contributed by atoms with Gasteiger partial charge in [-0.25, -0.2) is 19.0 Å². The van der Waals surface area contributed by atoms with Crippen LogP contribution in [0.4, 0.5) is 0 Å². The van der Waals surface area contributed by atoms with Gasteiger partial charge in [0.15, 0.2) is 11.4 Å². The van der Waals surface area contributed by atoms with E-state index in [0.29, 0.717) is 35.3 Å². The standard InChI is InChI=1S/C22H19N3O2.C20H15N3O2.Li.H2O/c1-2-27-22(26)20-13-21(18-5-3-15(14-23)4-6-18)25(24-20)19-11-9-17(10-12-19)16-7-8-16;21-12-13-1-3-16(4-2-13)19-11-18(20(24)25)22-23(19)17-9-7-15(8-10-17)14-5-6-14;;/h3-6,9-13,16H,2,7-8H2,1H3;1-4,7-11,14H,5-6H2,(H,24,25);;1H2/q;;+1;/p-1. The van der Waals surface area contributed by atoms with Gasteiger partial charge in [-0.15, -0.1) is 0 Å². The van der Waals surface area contributed by atoms with Crippen molar-refractivity contribution in [3.8, 4) is 46.0 Å². The zero-order chi connectivity index (χ0) is 36.2. The summed E-state index contributed by atoms with van der Waals surface area (Å²) >= 11 is 0. The molecule has 0 amide bonds. The van der Waals surface area contributed by atoms with Gasteiger partial charge in [-0.05, 0) is 116 Å². The molecule has 2 heterocycles. The number of aromatic nitrogens is 4. The molecular weight excluding hydrogens is 675 g/mol. The Kier molecular flexibility index (Phi) is 12.3. The first kappa shape index (κ1) is 39.0. The largest absolute Gasteiger partial charge is 1.00 e. The SMILES string of the molecule is CCOC(=O)c1cc(-c2ccc(C#N)cc2)n(-c2ccc(C3CC3)cc2)n1.N#Cc1ccc(-c2cc(C(=O)O)nn2-c2ccc(C3CC3)cc2)cc1.[Li+].[OH-]. The molecule has 264 valence electrons. The van der Waals surface area contributed by atoms with Crippen LogP contribution in [0.2, 0.25) is 0 Å². The Bertz CT molecular complexity index is 2330. The molecule has 0 spiro atoms. The molecular formula is C42H35LiN6O5. The van der Waals surface area contributed by atoms with Crippen LogP contribution in [0.15, 0.2) is 109 Å². The number of aromatic carboxylic acids is 1. The monoisotopic (exact) mass is 710 g/mol. The van der Waals surface area contributed by atoms with E-state index in [1.807, 2.05) is 36.4 Å². The molecule has 0 atom stereocenters. The van der Waals surface area contributed by atoms with E-state index in [1.54, 1.807) is 64.8 Å². The van der Waals surface area contributed by atoms with Crippen molar-refractivity contribution in [2.24, 2.45) is 0 Å². The van der Waals surface area contributed by atoms with E-state index in [4.69, 9.17) is 15.3 Å². The molecule has 0 unspecified atom stereocenters. The number of hydrogen-bond acceptors (Lipinski definition) is 8. The number of nitriles is 2. The zero-order valence-electron chi connectivity index (χ0n) is 29.9. The third kappa shape index (κ3) is 8.69. The van der Waals surface area contributed by atoms with Gasteiger partial charge < -0.3 is 15.3 Å². The van der Waals surface area contributed by atoms with E-state index >= 15 is 0 Å². The predicted molar refractivity (Wildman–Crippen MR) is 196 cm³/mol. The second-order valence-electron chi connectivity index (χ2n) is 12.8. The first-order valence-electron chi connectivity index (χ1n) is 17.2. The number of hydrogen-bond donors (Lipinski definition) is 1. The molecule has 12 heteroatoms. The van der Waals surface area contributed by atoms with Crippen LogP contribution in [0.3, 0.4) is 0 Å². The molecule has 2 aliphatic rings. The molecule has 2 aliphatic carbocycles. The topological polar surface area (TPSA) is 177 Å². The molecule has 2 aromatic heterocycles. The summed E-state index contributed by atoms with van der Waals surface area (Å²) in [5, 5.41) is 36.0. The van der Waals surface area contributed by atoms with Gasteiger partial charge in [-0.3, -0.25) is 0 Å². The predicted octanol–water partition coefficient (Wildman–Crippen LogP) is 5.28. The van der Waals surface area contributed by atoms with Crippen LogP contribution in [0.1, 0.15) is 87.7 Å². The Morgan fingerprint density at radius 3 is 1.43 bits per heavy atom. The molecule has 0 aliphatic heterocycles. The van der Waals surface area contributed by atoms with Crippen molar-refractivity contribution in [2.45, 2.75) is 44.4 Å². The summed E-state index contributed by atoms with van der Waals surface area (Å²) in [6.07, 6.45) is 4.98. The second-order valence-corrected chi connectivity index (χ2v) is 12.8. The van der Waals surface area contributed by atoms with Crippen LogP contribution in [0, 0.1) is 22.7 Å². The summed E-state index contributed by atoms with van der Waals surface area (Å²) in [6.45, 7) is 2.07. The molecule has 0 saturated heterocycles. The maximum atomic E-state index is 12.2. The van der Waals surface area contributed by atoms with Crippen LogP contribution in [-0.2, 0) is 4.74 Å². The van der Waals surface area contributed by atoms with Gasteiger partial charge in [0, 0.05) is 11.1 Å². The number of carboxylic acid groups (broad SMARTS) is 1. The van der Waals surface area contributed by atoms with E-state index in [9.17, 15) is 14.7 Å². The maximum Gasteiger partial charge on any atom is 1.00 e. The Labute approximate surface area is 324 Å². The van der Waals surface area contributed by atoms with Crippen molar-refractivity contribution in [1.29, 1.82) is 10.5 Å². The Morgan fingerprint density at radius 2 is 1.07 bits per heavy atom. The van der Waals surface area contributed by atoms with Gasteiger partial charge in [0.1, 0.15) is 0 Å². The third-order valence-electron chi connectivity index (χ3n) is 9.11. The minimum atomic E-state index is -1.07. The summed E-state index contributed by atoms with van der Waals surface area (Å²) in [5.74, 6) is -0.159. The second kappa shape index (κ2) is 17.1. The van der Waals surface area contributed by atoms with Gasteiger partial charge in [0.05, 0.1) is 52.6 Å². The molecule has 6 aromatic rings. The average Bonchev–Trinajstić information content (AvgIpc) is 4.13. The summed E-state index contributed by atoms with van der Waals surface area (Å²) in [6, 6.07) is 38.2. The van der Waals surface area contributed by atoms with Gasteiger partial charge in [-0.1, -0.05) is 48.5 Å². The van der Waals surface area contributed by atoms with Crippen LogP contribution >= 0.6 is 0 Å². The number of rotatable bonds is 9. The number of ether oxygens (including phenoxy) is 1. The Balaban J connectivity index is 0.000000201. The van der Waals surface area contributed by atoms with Crippen molar-refractivity contribution >= 4 is 11.9 Å². The molecule has 11 nitrogen and oxygen atoms in total. The summed E-state index contributed by atoms with van der Waals surface area (Å²) in [5.41, 5.74) is 8.91. The number of carboxylic acids is 1. The molecule has 54 heavy (non-hydrogen) atoms. The fraction of sp³-hybridized carbons (Fsp3) is 0.190. The van der Waals surface area contributed by atoms with E-state index in [2.05, 4.69) is 46.6 Å². The molecule has 8 rings (SSSR count). The van der Waals surface area contributed by atoms with E-state index in [1.165, 1.54) is 36.8 Å². The van der Waals surface area contributed by atoms with Gasteiger partial charge in [0.2, 0.25) is 0 Å². The summed E-state index contributed by atoms with van der Waals surface area (Å²) < 4.78 is 8.50. The molecule has 2 N–H and O–H groups in total. The van der Waals surface area contributed by atoms with Crippen molar-refractivity contribution in [3.05, 3.63) is 143 Å². The molecule has 0 bridgehead atoms. The van der Waals surface area contributed by atoms with E-state index in [-0.39, 0.29) is 35.7 Å². The number of carbonyl (C=O) groups excluding carboxylic acids is 1. The summed E-state index contributed by atoms with van der Waals surface area (Å²) in [4.78, 5) is 23.5. The van der Waals surface area contributed by atoms with E-state index in [0.717, 1.165) is 28.2 Å². The van der Waals surface area contributed by atoms with E-state index < -0.39 is 11.9 Å². The minimum absolute atomic E-state index is 0. The van der Waals surface area contributed by atoms with Crippen LogP contribution in [0.5, 0.6) is 0 Å². The Morgan fingerprint density at radius 1 is 0.685 bits per heavy atom. The van der Waals surface area contributed by atoms with Gasteiger partial charge in [0.25, 0.3) is 0 Å². The number of carbonyl (C=O) groups is 2. The van der Waals surface area contributed by atoms with Crippen molar-refractivity contribution in [2.75, 3.05) is 6.61 Å². The fourth-order valence-electron chi connectivity index (χ4n) is 6.02. The minimum Gasteiger partial charge on any atom is -0.870 e. The quantitative estimate of drug-likeness (QED) is 0.155. The normalized spacial score (nSPS) is 12.8.